The van der Waals surface area contributed by atoms with Crippen LogP contribution in [-0.4, -0.2) is 27.4 Å². The van der Waals surface area contributed by atoms with Crippen molar-refractivity contribution in [3.8, 4) is 11.8 Å². The normalized spacial score (nSPS) is 10.0. The minimum absolute atomic E-state index is 0.0590. The molecule has 0 bridgehead atoms. The summed E-state index contributed by atoms with van der Waals surface area (Å²) in [5.41, 5.74) is 2.32. The molecule has 0 aliphatic rings. The minimum Gasteiger partial charge on any atom is -0.395 e. The molecule has 0 fully saturated rings. The second-order valence-electron chi connectivity index (χ2n) is 4.48. The van der Waals surface area contributed by atoms with E-state index in [1.807, 2.05) is 18.4 Å². The zero-order chi connectivity index (χ0) is 15.2. The molecule has 5 nitrogen and oxygen atoms in total. The smallest absolute Gasteiger partial charge is 0.255 e. The van der Waals surface area contributed by atoms with E-state index in [2.05, 4.69) is 22.3 Å². The number of aliphatic hydroxyl groups is 1. The molecular weight excluding hydrogens is 286 g/mol. The number of aryl methyl sites for hydroxylation is 1. The van der Waals surface area contributed by atoms with Gasteiger partial charge in [0.05, 0.1) is 24.9 Å². The van der Waals surface area contributed by atoms with Crippen molar-refractivity contribution in [2.24, 2.45) is 7.05 Å². The fourth-order valence-corrected chi connectivity index (χ4v) is 2.55. The van der Waals surface area contributed by atoms with Gasteiger partial charge in [-0.25, -0.2) is 0 Å². The molecule has 0 aliphatic carbocycles. The van der Waals surface area contributed by atoms with Crippen LogP contribution in [0.1, 0.15) is 32.9 Å². The summed E-state index contributed by atoms with van der Waals surface area (Å²) in [5, 5.41) is 17.6. The number of thiophene rings is 1. The van der Waals surface area contributed by atoms with E-state index in [9.17, 15) is 4.79 Å². The van der Waals surface area contributed by atoms with E-state index < -0.39 is 0 Å². The van der Waals surface area contributed by atoms with Crippen molar-refractivity contribution in [3.05, 3.63) is 39.3 Å². The molecule has 0 unspecified atom stereocenters. The molecule has 0 atom stereocenters. The van der Waals surface area contributed by atoms with Gasteiger partial charge < -0.3 is 10.4 Å². The average Bonchev–Trinajstić information content (AvgIpc) is 3.05. The van der Waals surface area contributed by atoms with Crippen molar-refractivity contribution < 1.29 is 9.90 Å². The molecule has 0 saturated carbocycles. The van der Waals surface area contributed by atoms with Crippen molar-refractivity contribution in [2.45, 2.75) is 19.9 Å². The summed E-state index contributed by atoms with van der Waals surface area (Å²) in [5.74, 6) is 5.76. The number of nitrogens with one attached hydrogen (secondary N) is 1. The number of aliphatic hydroxyl groups excluding tert-OH is 1. The lowest BCUT2D eigenvalue weighted by Gasteiger charge is -2.04. The van der Waals surface area contributed by atoms with Crippen LogP contribution in [0, 0.1) is 18.8 Å². The van der Waals surface area contributed by atoms with Crippen LogP contribution >= 0.6 is 11.3 Å². The standard InChI is InChI=1S/C15H17N3O2S/c1-11-13(9-17-18(11)2)15(20)16-10-14-12(6-8-21-14)5-3-4-7-19/h6,8-9,19H,4,7,10H2,1-2H3,(H,16,20). The minimum atomic E-state index is -0.136. The van der Waals surface area contributed by atoms with Gasteiger partial charge in [0, 0.05) is 29.6 Å². The maximum Gasteiger partial charge on any atom is 0.255 e. The Morgan fingerprint density at radius 2 is 2.38 bits per heavy atom. The molecule has 0 saturated heterocycles. The first-order valence-corrected chi connectivity index (χ1v) is 7.44. The molecule has 2 N–H and O–H groups in total. The predicted molar refractivity (Wildman–Crippen MR) is 82.0 cm³/mol. The van der Waals surface area contributed by atoms with E-state index in [1.54, 1.807) is 29.3 Å². The molecule has 0 aliphatic heterocycles. The monoisotopic (exact) mass is 303 g/mol. The molecular formula is C15H17N3O2S. The third-order valence-corrected chi connectivity index (χ3v) is 4.02. The van der Waals surface area contributed by atoms with Crippen molar-refractivity contribution in [1.29, 1.82) is 0 Å². The molecule has 0 spiro atoms. The lowest BCUT2D eigenvalue weighted by molar-refractivity contribution is 0.0950. The third-order valence-electron chi connectivity index (χ3n) is 3.09. The van der Waals surface area contributed by atoms with Gasteiger partial charge >= 0.3 is 0 Å². The molecule has 2 rings (SSSR count). The summed E-state index contributed by atoms with van der Waals surface area (Å²) in [4.78, 5) is 13.1. The number of hydrogen-bond acceptors (Lipinski definition) is 4. The van der Waals surface area contributed by atoms with Crippen LogP contribution in [0.25, 0.3) is 0 Å². The highest BCUT2D eigenvalue weighted by Crippen LogP contribution is 2.16. The molecule has 1 amide bonds. The second kappa shape index (κ2) is 7.07. The Balaban J connectivity index is 2.01. The molecule has 0 aromatic carbocycles. The lowest BCUT2D eigenvalue weighted by atomic mass is 10.2. The predicted octanol–water partition coefficient (Wildman–Crippen LogP) is 1.45. The highest BCUT2D eigenvalue weighted by Gasteiger charge is 2.13. The molecule has 2 aromatic rings. The summed E-state index contributed by atoms with van der Waals surface area (Å²) >= 11 is 1.55. The fraction of sp³-hybridized carbons (Fsp3) is 0.333. The maximum atomic E-state index is 12.1. The number of hydrogen-bond donors (Lipinski definition) is 2. The van der Waals surface area contributed by atoms with E-state index >= 15 is 0 Å². The molecule has 21 heavy (non-hydrogen) atoms. The first kappa shape index (κ1) is 15.3. The van der Waals surface area contributed by atoms with Crippen molar-refractivity contribution >= 4 is 17.2 Å². The average molecular weight is 303 g/mol. The van der Waals surface area contributed by atoms with Gasteiger partial charge in [0.1, 0.15) is 0 Å². The van der Waals surface area contributed by atoms with E-state index in [4.69, 9.17) is 5.11 Å². The first-order valence-electron chi connectivity index (χ1n) is 6.56. The molecule has 6 heteroatoms. The molecule has 2 aromatic heterocycles. The number of aromatic nitrogens is 2. The van der Waals surface area contributed by atoms with Gasteiger partial charge in [0.2, 0.25) is 0 Å². The number of carbonyl (C=O) groups excluding carboxylic acids is 1. The fourth-order valence-electron chi connectivity index (χ4n) is 1.78. The highest BCUT2D eigenvalue weighted by molar-refractivity contribution is 7.10. The van der Waals surface area contributed by atoms with Crippen LogP contribution in [0.5, 0.6) is 0 Å². The van der Waals surface area contributed by atoms with Gasteiger partial charge in [-0.05, 0) is 18.4 Å². The first-order chi connectivity index (χ1) is 10.1. The van der Waals surface area contributed by atoms with Crippen molar-refractivity contribution in [3.63, 3.8) is 0 Å². The maximum absolute atomic E-state index is 12.1. The highest BCUT2D eigenvalue weighted by atomic mass is 32.1. The second-order valence-corrected chi connectivity index (χ2v) is 5.48. The number of carbonyl (C=O) groups is 1. The Bertz CT molecular complexity index is 691. The molecule has 110 valence electrons. The van der Waals surface area contributed by atoms with Gasteiger partial charge in [-0.1, -0.05) is 11.8 Å². The lowest BCUT2D eigenvalue weighted by Crippen LogP contribution is -2.23. The van der Waals surface area contributed by atoms with Gasteiger partial charge in [0.25, 0.3) is 5.91 Å². The zero-order valence-electron chi connectivity index (χ0n) is 12.0. The number of amides is 1. The Labute approximate surface area is 127 Å². The van der Waals surface area contributed by atoms with Crippen LogP contribution in [0.2, 0.25) is 0 Å². The Kier molecular flexibility index (Phi) is 5.14. The van der Waals surface area contributed by atoms with Gasteiger partial charge in [-0.2, -0.15) is 5.10 Å². The van der Waals surface area contributed by atoms with Gasteiger partial charge in [-0.15, -0.1) is 11.3 Å². The van der Waals surface area contributed by atoms with Gasteiger partial charge in [-0.3, -0.25) is 9.48 Å². The van der Waals surface area contributed by atoms with Crippen LogP contribution < -0.4 is 5.32 Å². The molecule has 2 heterocycles. The van der Waals surface area contributed by atoms with E-state index in [1.165, 1.54) is 0 Å². The Morgan fingerprint density at radius 1 is 1.57 bits per heavy atom. The summed E-state index contributed by atoms with van der Waals surface area (Å²) in [6, 6.07) is 1.92. The quantitative estimate of drug-likeness (QED) is 0.840. The summed E-state index contributed by atoms with van der Waals surface area (Å²) in [6.45, 7) is 2.36. The topological polar surface area (TPSA) is 67.2 Å². The zero-order valence-corrected chi connectivity index (χ0v) is 12.8. The SMILES string of the molecule is Cc1c(C(=O)NCc2sccc2C#CCCO)cnn1C. The van der Waals surface area contributed by atoms with Crippen molar-refractivity contribution in [1.82, 2.24) is 15.1 Å². The van der Waals surface area contributed by atoms with Crippen LogP contribution in [0.3, 0.4) is 0 Å². The summed E-state index contributed by atoms with van der Waals surface area (Å²) < 4.78 is 1.67. The summed E-state index contributed by atoms with van der Waals surface area (Å²) in [7, 11) is 1.81. The molecule has 0 radical (unpaired) electrons. The Hall–Kier alpha value is -2.10. The van der Waals surface area contributed by atoms with E-state index in [0.717, 1.165) is 16.1 Å². The summed E-state index contributed by atoms with van der Waals surface area (Å²) in [6.07, 6.45) is 2.03. The number of nitrogens with zero attached hydrogens (tertiary/aromatic N) is 2. The van der Waals surface area contributed by atoms with Crippen LogP contribution in [0.4, 0.5) is 0 Å². The van der Waals surface area contributed by atoms with Crippen LogP contribution in [-0.2, 0) is 13.6 Å². The largest absolute Gasteiger partial charge is 0.395 e. The third kappa shape index (κ3) is 3.72. The van der Waals surface area contributed by atoms with Crippen LogP contribution in [0.15, 0.2) is 17.6 Å². The Morgan fingerprint density at radius 3 is 3.05 bits per heavy atom. The van der Waals surface area contributed by atoms with E-state index in [-0.39, 0.29) is 12.5 Å². The van der Waals surface area contributed by atoms with Crippen molar-refractivity contribution in [2.75, 3.05) is 6.61 Å². The van der Waals surface area contributed by atoms with E-state index in [0.29, 0.717) is 18.5 Å². The number of rotatable bonds is 4. The van der Waals surface area contributed by atoms with Gasteiger partial charge in [0.15, 0.2) is 0 Å².